The monoisotopic (exact) mass is 283 g/mol. The van der Waals surface area contributed by atoms with Gasteiger partial charge in [-0.25, -0.2) is 4.39 Å². The lowest BCUT2D eigenvalue weighted by Crippen LogP contribution is -2.35. The lowest BCUT2D eigenvalue weighted by molar-refractivity contribution is -0.123. The molecule has 104 valence electrons. The van der Waals surface area contributed by atoms with Crippen LogP contribution in [0.3, 0.4) is 0 Å². The van der Waals surface area contributed by atoms with Crippen LogP contribution in [-0.4, -0.2) is 11.8 Å². The van der Waals surface area contributed by atoms with Gasteiger partial charge in [0, 0.05) is 18.4 Å². The van der Waals surface area contributed by atoms with Gasteiger partial charge < -0.3 is 5.73 Å². The Morgan fingerprint density at radius 3 is 2.79 bits per heavy atom. The van der Waals surface area contributed by atoms with Crippen LogP contribution >= 0.6 is 11.6 Å². The highest BCUT2D eigenvalue weighted by atomic mass is 35.5. The summed E-state index contributed by atoms with van der Waals surface area (Å²) in [4.78, 5) is 12.3. The lowest BCUT2D eigenvalue weighted by Gasteiger charge is -2.20. The number of rotatable bonds is 3. The molecule has 0 aromatic heterocycles. The van der Waals surface area contributed by atoms with E-state index in [1.165, 1.54) is 12.1 Å². The normalized spacial score (nSPS) is 23.9. The van der Waals surface area contributed by atoms with Crippen LogP contribution in [0.15, 0.2) is 18.2 Å². The molecule has 1 aliphatic carbocycles. The van der Waals surface area contributed by atoms with Crippen molar-refractivity contribution in [2.45, 2.75) is 44.6 Å². The Kier molecular flexibility index (Phi) is 4.94. The molecule has 1 fully saturated rings. The van der Waals surface area contributed by atoms with Crippen molar-refractivity contribution in [3.05, 3.63) is 34.6 Å². The second-order valence-electron chi connectivity index (χ2n) is 5.30. The zero-order valence-electron chi connectivity index (χ0n) is 10.9. The summed E-state index contributed by atoms with van der Waals surface area (Å²) in [6.45, 7) is 0. The highest BCUT2D eigenvalue weighted by molar-refractivity contribution is 6.30. The van der Waals surface area contributed by atoms with Crippen molar-refractivity contribution in [2.75, 3.05) is 0 Å². The number of halogens is 2. The van der Waals surface area contributed by atoms with E-state index in [1.54, 1.807) is 6.07 Å². The van der Waals surface area contributed by atoms with Crippen LogP contribution in [0.1, 0.15) is 37.7 Å². The van der Waals surface area contributed by atoms with Gasteiger partial charge in [-0.15, -0.1) is 0 Å². The third-order valence-electron chi connectivity index (χ3n) is 3.85. The van der Waals surface area contributed by atoms with Gasteiger partial charge in [-0.3, -0.25) is 4.79 Å². The van der Waals surface area contributed by atoms with Crippen LogP contribution in [0, 0.1) is 11.7 Å². The fourth-order valence-corrected chi connectivity index (χ4v) is 2.92. The Labute approximate surface area is 118 Å². The predicted octanol–water partition coefficient (Wildman–Crippen LogP) is 3.50. The largest absolute Gasteiger partial charge is 0.327 e. The van der Waals surface area contributed by atoms with E-state index in [9.17, 15) is 9.18 Å². The fraction of sp³-hybridized carbons (Fsp3) is 0.533. The molecule has 0 heterocycles. The van der Waals surface area contributed by atoms with Crippen molar-refractivity contribution in [1.82, 2.24) is 0 Å². The molecule has 0 radical (unpaired) electrons. The molecular formula is C15H19ClFNO. The van der Waals surface area contributed by atoms with E-state index in [4.69, 9.17) is 17.3 Å². The third kappa shape index (κ3) is 3.77. The summed E-state index contributed by atoms with van der Waals surface area (Å²) < 4.78 is 13.1. The standard InChI is InChI=1S/C15H19ClFNO/c16-12-8-10(6-7-13(12)17)9-15(19)11-4-2-1-3-5-14(11)18/h6-8,11,14H,1-5,9,18H2. The molecular weight excluding hydrogens is 265 g/mol. The molecule has 1 aromatic carbocycles. The summed E-state index contributed by atoms with van der Waals surface area (Å²) in [5.74, 6) is -0.368. The molecule has 2 atom stereocenters. The summed E-state index contributed by atoms with van der Waals surface area (Å²) in [5.41, 5.74) is 6.84. The Bertz CT molecular complexity index is 463. The zero-order chi connectivity index (χ0) is 13.8. The Hall–Kier alpha value is -0.930. The van der Waals surface area contributed by atoms with Gasteiger partial charge in [0.05, 0.1) is 5.02 Å². The van der Waals surface area contributed by atoms with Gasteiger partial charge in [0.15, 0.2) is 0 Å². The van der Waals surface area contributed by atoms with Crippen molar-refractivity contribution in [1.29, 1.82) is 0 Å². The number of benzene rings is 1. The van der Waals surface area contributed by atoms with E-state index in [0.29, 0.717) is 6.42 Å². The number of carbonyl (C=O) groups is 1. The van der Waals surface area contributed by atoms with Crippen molar-refractivity contribution < 1.29 is 9.18 Å². The molecule has 0 saturated heterocycles. The minimum atomic E-state index is -0.455. The lowest BCUT2D eigenvalue weighted by atomic mass is 9.88. The van der Waals surface area contributed by atoms with E-state index in [2.05, 4.69) is 0 Å². The molecule has 1 aromatic rings. The van der Waals surface area contributed by atoms with Gasteiger partial charge in [-0.2, -0.15) is 0 Å². The van der Waals surface area contributed by atoms with Crippen molar-refractivity contribution in [2.24, 2.45) is 11.7 Å². The SMILES string of the molecule is NC1CCCCCC1C(=O)Cc1ccc(F)c(Cl)c1. The topological polar surface area (TPSA) is 43.1 Å². The molecule has 2 unspecified atom stereocenters. The van der Waals surface area contributed by atoms with Gasteiger partial charge in [-0.1, -0.05) is 36.9 Å². The molecule has 1 aliphatic rings. The maximum absolute atomic E-state index is 13.1. The van der Waals surface area contributed by atoms with Gasteiger partial charge in [0.2, 0.25) is 0 Å². The number of carbonyl (C=O) groups excluding carboxylic acids is 1. The highest BCUT2D eigenvalue weighted by Gasteiger charge is 2.26. The van der Waals surface area contributed by atoms with Crippen molar-refractivity contribution in [3.63, 3.8) is 0 Å². The van der Waals surface area contributed by atoms with Gasteiger partial charge in [-0.05, 0) is 30.5 Å². The molecule has 2 nitrogen and oxygen atoms in total. The quantitative estimate of drug-likeness (QED) is 0.863. The van der Waals surface area contributed by atoms with E-state index in [-0.39, 0.29) is 22.8 Å². The summed E-state index contributed by atoms with van der Waals surface area (Å²) >= 11 is 5.73. The summed E-state index contributed by atoms with van der Waals surface area (Å²) in [6, 6.07) is 4.40. The average Bonchev–Trinajstić information content (AvgIpc) is 2.58. The number of Topliss-reactive ketones (excluding diaryl/α,β-unsaturated/α-hetero) is 1. The predicted molar refractivity (Wildman–Crippen MR) is 74.7 cm³/mol. The number of hydrogen-bond donors (Lipinski definition) is 1. The first-order chi connectivity index (χ1) is 9.08. The highest BCUT2D eigenvalue weighted by Crippen LogP contribution is 2.25. The first-order valence-electron chi connectivity index (χ1n) is 6.80. The molecule has 0 amide bonds. The number of nitrogens with two attached hydrogens (primary N) is 1. The van der Waals surface area contributed by atoms with Crippen LogP contribution in [0.5, 0.6) is 0 Å². The van der Waals surface area contributed by atoms with Crippen LogP contribution < -0.4 is 5.73 Å². The van der Waals surface area contributed by atoms with Crippen LogP contribution in [0.4, 0.5) is 4.39 Å². The summed E-state index contributed by atoms with van der Waals surface area (Å²) in [5, 5.41) is 0.0652. The Morgan fingerprint density at radius 2 is 2.05 bits per heavy atom. The average molecular weight is 284 g/mol. The molecule has 4 heteroatoms. The van der Waals surface area contributed by atoms with Crippen molar-refractivity contribution in [3.8, 4) is 0 Å². The van der Waals surface area contributed by atoms with Gasteiger partial charge in [0.25, 0.3) is 0 Å². The second-order valence-corrected chi connectivity index (χ2v) is 5.71. The van der Waals surface area contributed by atoms with Crippen LogP contribution in [0.25, 0.3) is 0 Å². The molecule has 2 rings (SSSR count). The van der Waals surface area contributed by atoms with Crippen molar-refractivity contribution >= 4 is 17.4 Å². The molecule has 19 heavy (non-hydrogen) atoms. The molecule has 1 saturated carbocycles. The van der Waals surface area contributed by atoms with Gasteiger partial charge >= 0.3 is 0 Å². The molecule has 0 spiro atoms. The summed E-state index contributed by atoms with van der Waals surface area (Å²) in [7, 11) is 0. The zero-order valence-corrected chi connectivity index (χ0v) is 11.6. The number of hydrogen-bond acceptors (Lipinski definition) is 2. The van der Waals surface area contributed by atoms with Crippen LogP contribution in [0.2, 0.25) is 5.02 Å². The molecule has 0 bridgehead atoms. The number of ketones is 1. The molecule has 0 aliphatic heterocycles. The van der Waals surface area contributed by atoms with E-state index < -0.39 is 5.82 Å². The Morgan fingerprint density at radius 1 is 1.32 bits per heavy atom. The smallest absolute Gasteiger partial charge is 0.141 e. The Balaban J connectivity index is 2.04. The fourth-order valence-electron chi connectivity index (χ4n) is 2.72. The third-order valence-corrected chi connectivity index (χ3v) is 4.13. The van der Waals surface area contributed by atoms with Gasteiger partial charge in [0.1, 0.15) is 11.6 Å². The first-order valence-corrected chi connectivity index (χ1v) is 7.18. The van der Waals surface area contributed by atoms with E-state index >= 15 is 0 Å². The van der Waals surface area contributed by atoms with Crippen LogP contribution in [-0.2, 0) is 11.2 Å². The summed E-state index contributed by atoms with van der Waals surface area (Å²) in [6.07, 6.45) is 5.40. The van der Waals surface area contributed by atoms with E-state index in [0.717, 1.165) is 37.7 Å². The maximum atomic E-state index is 13.1. The molecule has 2 N–H and O–H groups in total. The minimum absolute atomic E-state index is 0.0362. The minimum Gasteiger partial charge on any atom is -0.327 e. The second kappa shape index (κ2) is 6.49. The first kappa shape index (κ1) is 14.5. The maximum Gasteiger partial charge on any atom is 0.141 e. The van der Waals surface area contributed by atoms with E-state index in [1.807, 2.05) is 0 Å².